The van der Waals surface area contributed by atoms with Crippen molar-refractivity contribution in [1.82, 2.24) is 10.0 Å². The van der Waals surface area contributed by atoms with Crippen LogP contribution in [0.5, 0.6) is 0 Å². The lowest BCUT2D eigenvalue weighted by molar-refractivity contribution is -0.117. The molecule has 5 nitrogen and oxygen atoms in total. The molecular formula is C6H6Cl3F3N2O3S. The molecule has 1 amide bonds. The zero-order chi connectivity index (χ0) is 14.8. The van der Waals surface area contributed by atoms with E-state index in [0.717, 1.165) is 4.72 Å². The fourth-order valence-electron chi connectivity index (χ4n) is 0.601. The van der Waals surface area contributed by atoms with Gasteiger partial charge in [-0.3, -0.25) is 4.79 Å². The van der Waals surface area contributed by atoms with Crippen LogP contribution in [0.1, 0.15) is 0 Å². The molecule has 0 aromatic heterocycles. The zero-order valence-electron chi connectivity index (χ0n) is 8.26. The summed E-state index contributed by atoms with van der Waals surface area (Å²) in [5, 5.41) is 1.69. The van der Waals surface area contributed by atoms with E-state index in [2.05, 4.69) is 6.58 Å². The second kappa shape index (κ2) is 5.83. The molecule has 0 heterocycles. The molecule has 0 saturated carbocycles. The Hall–Kier alpha value is -0.220. The van der Waals surface area contributed by atoms with Crippen molar-refractivity contribution in [3.05, 3.63) is 12.7 Å². The van der Waals surface area contributed by atoms with Crippen LogP contribution in [0.15, 0.2) is 12.7 Å². The molecular weight excluding hydrogens is 343 g/mol. The predicted molar refractivity (Wildman–Crippen MR) is 60.5 cm³/mol. The van der Waals surface area contributed by atoms with Gasteiger partial charge in [-0.2, -0.15) is 17.9 Å². The monoisotopic (exact) mass is 348 g/mol. The molecule has 106 valence electrons. The van der Waals surface area contributed by atoms with Gasteiger partial charge in [-0.15, -0.1) is 0 Å². The average molecular weight is 350 g/mol. The minimum atomic E-state index is -5.79. The molecule has 0 radical (unpaired) electrons. The van der Waals surface area contributed by atoms with Crippen molar-refractivity contribution in [2.24, 2.45) is 0 Å². The molecule has 0 aliphatic heterocycles. The van der Waals surface area contributed by atoms with E-state index in [9.17, 15) is 26.4 Å². The Morgan fingerprint density at radius 2 is 1.72 bits per heavy atom. The van der Waals surface area contributed by atoms with Crippen molar-refractivity contribution in [3.63, 3.8) is 0 Å². The van der Waals surface area contributed by atoms with Crippen molar-refractivity contribution < 1.29 is 26.4 Å². The molecule has 0 bridgehead atoms. The van der Waals surface area contributed by atoms with Gasteiger partial charge in [0.25, 0.3) is 0 Å². The van der Waals surface area contributed by atoms with Gasteiger partial charge in [0.05, 0.1) is 0 Å². The Morgan fingerprint density at radius 3 is 2.00 bits per heavy atom. The van der Waals surface area contributed by atoms with Gasteiger partial charge in [-0.25, -0.2) is 8.42 Å². The number of nitrogens with one attached hydrogen (secondary N) is 2. The Morgan fingerprint density at radius 1 is 1.28 bits per heavy atom. The molecule has 0 aromatic rings. The molecule has 12 heteroatoms. The SMILES string of the molecule is C=CC(=O)NC(NS(=O)(=O)C(F)(F)F)C(Cl)(Cl)Cl. The molecule has 18 heavy (non-hydrogen) atoms. The smallest absolute Gasteiger partial charge is 0.332 e. The highest BCUT2D eigenvalue weighted by Gasteiger charge is 2.49. The molecule has 0 spiro atoms. The number of hydrogen-bond acceptors (Lipinski definition) is 3. The third-order valence-electron chi connectivity index (χ3n) is 1.38. The number of carbonyl (C=O) groups is 1. The van der Waals surface area contributed by atoms with Gasteiger partial charge in [0.2, 0.25) is 9.70 Å². The lowest BCUT2D eigenvalue weighted by Crippen LogP contribution is -2.57. The number of halogens is 6. The zero-order valence-corrected chi connectivity index (χ0v) is 11.3. The lowest BCUT2D eigenvalue weighted by atomic mass is 10.5. The molecule has 2 N–H and O–H groups in total. The summed E-state index contributed by atoms with van der Waals surface area (Å²) in [7, 11) is -5.79. The highest BCUT2D eigenvalue weighted by molar-refractivity contribution is 7.90. The van der Waals surface area contributed by atoms with E-state index >= 15 is 0 Å². The highest BCUT2D eigenvalue weighted by Crippen LogP contribution is 2.31. The summed E-state index contributed by atoms with van der Waals surface area (Å²) >= 11 is 15.7. The normalized spacial score (nSPS) is 15.0. The van der Waals surface area contributed by atoms with E-state index in [1.165, 1.54) is 0 Å². The summed E-state index contributed by atoms with van der Waals surface area (Å²) in [6.07, 6.45) is -1.45. The molecule has 0 aromatic carbocycles. The summed E-state index contributed by atoms with van der Waals surface area (Å²) < 4.78 is 56.3. The number of rotatable bonds is 4. The standard InChI is InChI=1S/C6H6Cl3F3N2O3S/c1-2-3(15)13-4(5(7,8)9)14-18(16,17)6(10,11)12/h2,4,14H,1H2,(H,13,15). The maximum atomic E-state index is 12.1. The van der Waals surface area contributed by atoms with E-state index < -0.39 is 31.4 Å². The van der Waals surface area contributed by atoms with Gasteiger partial charge in [0, 0.05) is 0 Å². The first-order chi connectivity index (χ1) is 7.81. The number of sulfonamides is 1. The summed E-state index contributed by atoms with van der Waals surface area (Å²) in [6.45, 7) is 3.00. The van der Waals surface area contributed by atoms with E-state index in [-0.39, 0.29) is 0 Å². The number of carbonyl (C=O) groups excluding carboxylic acids is 1. The van der Waals surface area contributed by atoms with Gasteiger partial charge in [-0.05, 0) is 6.08 Å². The van der Waals surface area contributed by atoms with Crippen LogP contribution in [-0.2, 0) is 14.8 Å². The lowest BCUT2D eigenvalue weighted by Gasteiger charge is -2.26. The molecule has 0 saturated heterocycles. The van der Waals surface area contributed by atoms with Crippen LogP contribution >= 0.6 is 34.8 Å². The van der Waals surface area contributed by atoms with Crippen LogP contribution in [0.4, 0.5) is 13.2 Å². The molecule has 1 atom stereocenters. The van der Waals surface area contributed by atoms with Crippen LogP contribution < -0.4 is 10.0 Å². The van der Waals surface area contributed by atoms with E-state index in [1.807, 2.05) is 0 Å². The second-order valence-electron chi connectivity index (χ2n) is 2.75. The predicted octanol–water partition coefficient (Wildman–Crippen LogP) is 1.42. The Bertz CT molecular complexity index is 432. The van der Waals surface area contributed by atoms with Crippen molar-refractivity contribution in [1.29, 1.82) is 0 Å². The van der Waals surface area contributed by atoms with E-state index in [0.29, 0.717) is 6.08 Å². The quantitative estimate of drug-likeness (QED) is 0.458. The molecule has 0 fully saturated rings. The number of amides is 1. The van der Waals surface area contributed by atoms with Crippen LogP contribution in [0, 0.1) is 0 Å². The van der Waals surface area contributed by atoms with Gasteiger partial charge in [0.1, 0.15) is 6.17 Å². The third-order valence-corrected chi connectivity index (χ3v) is 3.19. The molecule has 0 aliphatic carbocycles. The fourth-order valence-corrected chi connectivity index (χ4v) is 1.80. The number of alkyl halides is 6. The Labute approximate surface area is 115 Å². The summed E-state index contributed by atoms with van der Waals surface area (Å²) in [5.41, 5.74) is -5.61. The average Bonchev–Trinajstić information content (AvgIpc) is 2.12. The maximum Gasteiger partial charge on any atom is 0.511 e. The van der Waals surface area contributed by atoms with E-state index in [1.54, 1.807) is 5.32 Å². The summed E-state index contributed by atoms with van der Waals surface area (Å²) in [6, 6.07) is 0. The van der Waals surface area contributed by atoms with Gasteiger partial charge >= 0.3 is 15.5 Å². The topological polar surface area (TPSA) is 75.3 Å². The van der Waals surface area contributed by atoms with Crippen LogP contribution in [0.3, 0.4) is 0 Å². The Balaban J connectivity index is 5.16. The van der Waals surface area contributed by atoms with Crippen LogP contribution in [0.2, 0.25) is 0 Å². The summed E-state index contributed by atoms with van der Waals surface area (Å²) in [5.74, 6) is -1.03. The van der Waals surface area contributed by atoms with Crippen LogP contribution in [-0.4, -0.2) is 29.8 Å². The van der Waals surface area contributed by atoms with Gasteiger partial charge in [-0.1, -0.05) is 41.4 Å². The fraction of sp³-hybridized carbons (Fsp3) is 0.500. The second-order valence-corrected chi connectivity index (χ2v) is 6.83. The minimum absolute atomic E-state index is 0.658. The minimum Gasteiger partial charge on any atom is -0.332 e. The maximum absolute atomic E-state index is 12.1. The third kappa shape index (κ3) is 5.19. The molecule has 0 aliphatic rings. The van der Waals surface area contributed by atoms with Gasteiger partial charge < -0.3 is 5.32 Å². The summed E-state index contributed by atoms with van der Waals surface area (Å²) in [4.78, 5) is 10.9. The first-order valence-electron chi connectivity index (χ1n) is 3.89. The van der Waals surface area contributed by atoms with Crippen molar-refractivity contribution in [2.75, 3.05) is 0 Å². The number of hydrogen-bond donors (Lipinski definition) is 2. The van der Waals surface area contributed by atoms with Crippen molar-refractivity contribution in [3.8, 4) is 0 Å². The van der Waals surface area contributed by atoms with E-state index in [4.69, 9.17) is 34.8 Å². The van der Waals surface area contributed by atoms with Gasteiger partial charge in [0.15, 0.2) is 0 Å². The highest BCUT2D eigenvalue weighted by atomic mass is 35.6. The van der Waals surface area contributed by atoms with Crippen molar-refractivity contribution in [2.45, 2.75) is 15.5 Å². The first-order valence-corrected chi connectivity index (χ1v) is 6.51. The molecule has 0 rings (SSSR count). The van der Waals surface area contributed by atoms with Crippen molar-refractivity contribution >= 4 is 50.7 Å². The first kappa shape index (κ1) is 17.8. The van der Waals surface area contributed by atoms with Crippen LogP contribution in [0.25, 0.3) is 0 Å². The largest absolute Gasteiger partial charge is 0.511 e. The Kier molecular flexibility index (Phi) is 5.75. The molecule has 1 unspecified atom stereocenters.